The molecule has 2 aromatic rings. The molecule has 0 unspecified atom stereocenters. The van der Waals surface area contributed by atoms with E-state index in [1.807, 2.05) is 12.1 Å². The molecule has 0 saturated carbocycles. The maximum absolute atomic E-state index is 10.5. The molecule has 1 aromatic heterocycles. The largest absolute Gasteiger partial charge is 0.458 e. The molecular weight excluding hydrogens is 247 g/mol. The summed E-state index contributed by atoms with van der Waals surface area (Å²) in [6.07, 6.45) is 1.19. The first-order valence-corrected chi connectivity index (χ1v) is 5.43. The fourth-order valence-corrected chi connectivity index (χ4v) is 1.81. The van der Waals surface area contributed by atoms with Crippen LogP contribution >= 0.6 is 23.2 Å². The second-order valence-electron chi connectivity index (χ2n) is 3.31. The molecular formula is C12H8Cl2O2. The van der Waals surface area contributed by atoms with Gasteiger partial charge in [-0.15, -0.1) is 0 Å². The Morgan fingerprint density at radius 1 is 1.19 bits per heavy atom. The van der Waals surface area contributed by atoms with Gasteiger partial charge in [0.05, 0.1) is 10.0 Å². The zero-order chi connectivity index (χ0) is 11.5. The number of hydrogen-bond donors (Lipinski definition) is 0. The average Bonchev–Trinajstić information content (AvgIpc) is 2.73. The summed E-state index contributed by atoms with van der Waals surface area (Å²) in [5, 5.41) is 1.04. The molecule has 0 aliphatic heterocycles. The van der Waals surface area contributed by atoms with Crippen molar-refractivity contribution in [3.05, 3.63) is 57.5 Å². The van der Waals surface area contributed by atoms with E-state index in [9.17, 15) is 4.79 Å². The quantitative estimate of drug-likeness (QED) is 0.776. The lowest BCUT2D eigenvalue weighted by Crippen LogP contribution is -1.87. The van der Waals surface area contributed by atoms with E-state index in [4.69, 9.17) is 27.6 Å². The van der Waals surface area contributed by atoms with E-state index < -0.39 is 0 Å². The fraction of sp³-hybridized carbons (Fsp3) is 0.0833. The van der Waals surface area contributed by atoms with Gasteiger partial charge < -0.3 is 4.42 Å². The molecule has 82 valence electrons. The summed E-state index contributed by atoms with van der Waals surface area (Å²) in [6, 6.07) is 8.80. The van der Waals surface area contributed by atoms with Crippen LogP contribution in [-0.4, -0.2) is 6.29 Å². The summed E-state index contributed by atoms with van der Waals surface area (Å²) < 4.78 is 5.26. The van der Waals surface area contributed by atoms with Gasteiger partial charge in [0.25, 0.3) is 0 Å². The lowest BCUT2D eigenvalue weighted by Gasteiger charge is -2.03. The van der Waals surface area contributed by atoms with Crippen molar-refractivity contribution in [2.45, 2.75) is 6.42 Å². The third-order valence-electron chi connectivity index (χ3n) is 2.19. The van der Waals surface area contributed by atoms with Crippen LogP contribution < -0.4 is 0 Å². The number of halogens is 2. The summed E-state index contributed by atoms with van der Waals surface area (Å²) in [6.45, 7) is 0. The van der Waals surface area contributed by atoms with Crippen LogP contribution in [-0.2, 0) is 6.42 Å². The van der Waals surface area contributed by atoms with E-state index >= 15 is 0 Å². The minimum absolute atomic E-state index is 0.313. The number of furan rings is 1. The smallest absolute Gasteiger partial charge is 0.185 e. The van der Waals surface area contributed by atoms with E-state index in [1.165, 1.54) is 0 Å². The Morgan fingerprint density at radius 2 is 2.00 bits per heavy atom. The van der Waals surface area contributed by atoms with Crippen molar-refractivity contribution in [2.75, 3.05) is 0 Å². The van der Waals surface area contributed by atoms with Crippen molar-refractivity contribution in [1.82, 2.24) is 0 Å². The zero-order valence-corrected chi connectivity index (χ0v) is 9.76. The van der Waals surface area contributed by atoms with Gasteiger partial charge in [0.2, 0.25) is 0 Å². The number of benzene rings is 1. The molecule has 0 aliphatic rings. The Morgan fingerprint density at radius 3 is 2.69 bits per heavy atom. The highest BCUT2D eigenvalue weighted by atomic mass is 35.5. The van der Waals surface area contributed by atoms with Gasteiger partial charge in [-0.05, 0) is 23.8 Å². The van der Waals surface area contributed by atoms with E-state index in [0.29, 0.717) is 34.3 Å². The predicted molar refractivity (Wildman–Crippen MR) is 63.4 cm³/mol. The van der Waals surface area contributed by atoms with Crippen LogP contribution in [0.1, 0.15) is 21.9 Å². The SMILES string of the molecule is O=Cc1ccc(Cc2cccc(Cl)c2Cl)o1. The molecule has 1 heterocycles. The second kappa shape index (κ2) is 4.73. The van der Waals surface area contributed by atoms with Crippen LogP contribution in [0.5, 0.6) is 0 Å². The number of carbonyl (C=O) groups excluding carboxylic acids is 1. The number of rotatable bonds is 3. The van der Waals surface area contributed by atoms with Crippen LogP contribution in [0.15, 0.2) is 34.7 Å². The van der Waals surface area contributed by atoms with Crippen LogP contribution in [0.4, 0.5) is 0 Å². The zero-order valence-electron chi connectivity index (χ0n) is 8.24. The molecule has 16 heavy (non-hydrogen) atoms. The van der Waals surface area contributed by atoms with Gasteiger partial charge in [0.15, 0.2) is 12.0 Å². The molecule has 2 nitrogen and oxygen atoms in total. The average molecular weight is 255 g/mol. The maximum Gasteiger partial charge on any atom is 0.185 e. The van der Waals surface area contributed by atoms with Crippen LogP contribution in [0.2, 0.25) is 10.0 Å². The van der Waals surface area contributed by atoms with Gasteiger partial charge in [-0.1, -0.05) is 35.3 Å². The third kappa shape index (κ3) is 2.29. The van der Waals surface area contributed by atoms with E-state index in [2.05, 4.69) is 0 Å². The molecule has 0 saturated heterocycles. The molecule has 0 aliphatic carbocycles. The topological polar surface area (TPSA) is 30.2 Å². The number of carbonyl (C=O) groups is 1. The Balaban J connectivity index is 2.26. The molecule has 0 fully saturated rings. The molecule has 0 radical (unpaired) electrons. The highest BCUT2D eigenvalue weighted by molar-refractivity contribution is 6.42. The van der Waals surface area contributed by atoms with Crippen molar-refractivity contribution < 1.29 is 9.21 Å². The molecule has 0 atom stereocenters. The lowest BCUT2D eigenvalue weighted by atomic mass is 10.1. The van der Waals surface area contributed by atoms with Crippen LogP contribution in [0, 0.1) is 0 Å². The van der Waals surface area contributed by atoms with Crippen LogP contribution in [0.3, 0.4) is 0 Å². The van der Waals surface area contributed by atoms with Crippen LogP contribution in [0.25, 0.3) is 0 Å². The van der Waals surface area contributed by atoms with Gasteiger partial charge >= 0.3 is 0 Å². The molecule has 0 spiro atoms. The van der Waals surface area contributed by atoms with E-state index in [1.54, 1.807) is 18.2 Å². The summed E-state index contributed by atoms with van der Waals surface area (Å²) in [5.74, 6) is 0.999. The van der Waals surface area contributed by atoms with Crippen molar-refractivity contribution in [3.8, 4) is 0 Å². The Kier molecular flexibility index (Phi) is 3.32. The molecule has 1 aromatic carbocycles. The Hall–Kier alpha value is -1.25. The summed E-state index contributed by atoms with van der Waals surface area (Å²) in [7, 11) is 0. The van der Waals surface area contributed by atoms with Crippen molar-refractivity contribution in [1.29, 1.82) is 0 Å². The monoisotopic (exact) mass is 254 g/mol. The summed E-state index contributed by atoms with van der Waals surface area (Å²) in [5.41, 5.74) is 0.876. The van der Waals surface area contributed by atoms with E-state index in [-0.39, 0.29) is 0 Å². The molecule has 2 rings (SSSR count). The number of aldehydes is 1. The molecule has 4 heteroatoms. The van der Waals surface area contributed by atoms with Gasteiger partial charge in [-0.3, -0.25) is 4.79 Å². The first kappa shape index (κ1) is 11.2. The Labute approximate surface area is 103 Å². The summed E-state index contributed by atoms with van der Waals surface area (Å²) in [4.78, 5) is 10.5. The minimum atomic E-state index is 0.313. The summed E-state index contributed by atoms with van der Waals surface area (Å²) >= 11 is 11.9. The van der Waals surface area contributed by atoms with Crippen molar-refractivity contribution in [2.24, 2.45) is 0 Å². The first-order chi connectivity index (χ1) is 7.70. The van der Waals surface area contributed by atoms with Crippen molar-refractivity contribution >= 4 is 29.5 Å². The van der Waals surface area contributed by atoms with E-state index in [0.717, 1.165) is 5.56 Å². The van der Waals surface area contributed by atoms with Gasteiger partial charge in [0.1, 0.15) is 5.76 Å². The molecule has 0 amide bonds. The number of hydrogen-bond acceptors (Lipinski definition) is 2. The third-order valence-corrected chi connectivity index (χ3v) is 3.05. The highest BCUT2D eigenvalue weighted by Crippen LogP contribution is 2.27. The van der Waals surface area contributed by atoms with Gasteiger partial charge in [-0.25, -0.2) is 0 Å². The first-order valence-electron chi connectivity index (χ1n) is 4.67. The molecule has 0 bridgehead atoms. The minimum Gasteiger partial charge on any atom is -0.458 e. The van der Waals surface area contributed by atoms with Gasteiger partial charge in [-0.2, -0.15) is 0 Å². The highest BCUT2D eigenvalue weighted by Gasteiger charge is 2.07. The normalized spacial score (nSPS) is 10.4. The second-order valence-corrected chi connectivity index (χ2v) is 4.10. The molecule has 0 N–H and O–H groups in total. The maximum atomic E-state index is 10.5. The van der Waals surface area contributed by atoms with Crippen molar-refractivity contribution in [3.63, 3.8) is 0 Å². The standard InChI is InChI=1S/C12H8Cl2O2/c13-11-3-1-2-8(12(11)14)6-9-4-5-10(7-15)16-9/h1-5,7H,6H2. The lowest BCUT2D eigenvalue weighted by molar-refractivity contribution is 0.109. The predicted octanol–water partition coefficient (Wildman–Crippen LogP) is 3.99. The van der Waals surface area contributed by atoms with Gasteiger partial charge in [0, 0.05) is 6.42 Å². The Bertz CT molecular complexity index is 517. The fourth-order valence-electron chi connectivity index (χ4n) is 1.43.